The summed E-state index contributed by atoms with van der Waals surface area (Å²) in [7, 11) is 0. The fraction of sp³-hybridized carbons (Fsp3) is 0.638. The molecule has 6 nitrogen and oxygen atoms in total. The molecule has 0 aliphatic heterocycles. The van der Waals surface area contributed by atoms with E-state index in [9.17, 15) is 14.4 Å². The Hall–Kier alpha value is -3.93. The van der Waals surface area contributed by atoms with E-state index in [-0.39, 0.29) is 38.0 Å². The first kappa shape index (κ1) is 60.1. The third-order valence-corrected chi connectivity index (χ3v) is 10.6. The van der Waals surface area contributed by atoms with Crippen LogP contribution < -0.4 is 0 Å². The van der Waals surface area contributed by atoms with Crippen LogP contribution in [0.2, 0.25) is 0 Å². The summed E-state index contributed by atoms with van der Waals surface area (Å²) in [6, 6.07) is 0. The van der Waals surface area contributed by atoms with Crippen LogP contribution in [0.1, 0.15) is 220 Å². The minimum Gasteiger partial charge on any atom is -0.462 e. The van der Waals surface area contributed by atoms with Crippen LogP contribution in [0.3, 0.4) is 0 Å². The van der Waals surface area contributed by atoms with Gasteiger partial charge in [0.05, 0.1) is 6.42 Å². The van der Waals surface area contributed by atoms with Crippen LogP contribution in [0.4, 0.5) is 0 Å². The SMILES string of the molecule is CC/C=C\C/C=C\C/C=C\C/C=C\C/C=C\CC(=O)OC(COC(=O)CCCC/C=C\C/C=C\C/C=C\C/C=C\CC)COC(=O)CCCCCCCCCCCCCCCCCC. The maximum atomic E-state index is 12.7. The molecule has 0 radical (unpaired) electrons. The first-order valence-electron chi connectivity index (χ1n) is 25.9. The minimum absolute atomic E-state index is 0.0857. The lowest BCUT2D eigenvalue weighted by Gasteiger charge is -2.18. The predicted molar refractivity (Wildman–Crippen MR) is 274 cm³/mol. The van der Waals surface area contributed by atoms with Gasteiger partial charge in [-0.1, -0.05) is 226 Å². The standard InChI is InChI=1S/C58H94O6/c1-4-7-10-13-16-19-22-25-28-31-33-36-39-42-45-48-51-57(60)63-54-55(64-58(61)52-49-46-43-40-37-34-30-27-24-21-18-15-12-9-6-3)53-62-56(59)50-47-44-41-38-35-32-29-26-23-20-17-14-11-8-5-2/h8-9,11-12,17-18,20-21,26-27,29-30,35,37-38,40,46,49,55H,4-7,10,13-16,19,22-25,28,31-34,36,39,41-45,47-48,50-54H2,1-3H3/b11-8-,12-9-,20-17-,21-18-,29-26-,30-27-,38-35-,40-37-,49-46-. The van der Waals surface area contributed by atoms with Crippen molar-refractivity contribution in [2.75, 3.05) is 13.2 Å². The summed E-state index contributed by atoms with van der Waals surface area (Å²) in [6.07, 6.45) is 69.6. The fourth-order valence-corrected chi connectivity index (χ4v) is 6.74. The number of carbonyl (C=O) groups excluding carboxylic acids is 3. The van der Waals surface area contributed by atoms with Gasteiger partial charge < -0.3 is 14.2 Å². The van der Waals surface area contributed by atoms with Gasteiger partial charge in [0, 0.05) is 12.8 Å². The molecule has 0 fully saturated rings. The highest BCUT2D eigenvalue weighted by atomic mass is 16.6. The average Bonchev–Trinajstić information content (AvgIpc) is 3.29. The lowest BCUT2D eigenvalue weighted by atomic mass is 10.0. The van der Waals surface area contributed by atoms with Crippen LogP contribution in [0.25, 0.3) is 0 Å². The molecule has 1 unspecified atom stereocenters. The normalized spacial score (nSPS) is 13.0. The van der Waals surface area contributed by atoms with Gasteiger partial charge in [0.2, 0.25) is 0 Å². The number of hydrogen-bond acceptors (Lipinski definition) is 6. The van der Waals surface area contributed by atoms with Crippen molar-refractivity contribution in [1.29, 1.82) is 0 Å². The molecule has 0 heterocycles. The van der Waals surface area contributed by atoms with Crippen LogP contribution in [-0.4, -0.2) is 37.2 Å². The van der Waals surface area contributed by atoms with Crippen LogP contribution >= 0.6 is 0 Å². The third-order valence-electron chi connectivity index (χ3n) is 10.6. The summed E-state index contributed by atoms with van der Waals surface area (Å²) in [5.41, 5.74) is 0. The van der Waals surface area contributed by atoms with Crippen LogP contribution in [0.5, 0.6) is 0 Å². The number of allylic oxidation sites excluding steroid dienone is 17. The Labute approximate surface area is 393 Å². The van der Waals surface area contributed by atoms with E-state index in [1.807, 2.05) is 6.08 Å². The molecule has 0 N–H and O–H groups in total. The van der Waals surface area contributed by atoms with Gasteiger partial charge in [0.15, 0.2) is 6.10 Å². The Morgan fingerprint density at radius 2 is 0.656 bits per heavy atom. The zero-order valence-corrected chi connectivity index (χ0v) is 41.3. The van der Waals surface area contributed by atoms with E-state index in [1.165, 1.54) is 83.5 Å². The molecule has 0 saturated heterocycles. The quantitative estimate of drug-likeness (QED) is 0.0262. The maximum absolute atomic E-state index is 12.7. The summed E-state index contributed by atoms with van der Waals surface area (Å²) in [5, 5.41) is 0. The molecular formula is C58H94O6. The molecule has 0 aromatic rings. The lowest BCUT2D eigenvalue weighted by Crippen LogP contribution is -2.30. The zero-order valence-electron chi connectivity index (χ0n) is 41.3. The smallest absolute Gasteiger partial charge is 0.310 e. The fourth-order valence-electron chi connectivity index (χ4n) is 6.74. The van der Waals surface area contributed by atoms with Crippen molar-refractivity contribution in [1.82, 2.24) is 0 Å². The van der Waals surface area contributed by atoms with Gasteiger partial charge in [0.1, 0.15) is 13.2 Å². The van der Waals surface area contributed by atoms with E-state index < -0.39 is 12.1 Å². The Balaban J connectivity index is 4.56. The van der Waals surface area contributed by atoms with Crippen molar-refractivity contribution >= 4 is 17.9 Å². The Morgan fingerprint density at radius 1 is 0.344 bits per heavy atom. The summed E-state index contributed by atoms with van der Waals surface area (Å²) in [5.74, 6) is -1.11. The van der Waals surface area contributed by atoms with E-state index in [1.54, 1.807) is 6.08 Å². The summed E-state index contributed by atoms with van der Waals surface area (Å²) in [6.45, 7) is 6.28. The van der Waals surface area contributed by atoms with Crippen molar-refractivity contribution in [2.45, 2.75) is 226 Å². The molecule has 0 bridgehead atoms. The van der Waals surface area contributed by atoms with E-state index in [4.69, 9.17) is 14.2 Å². The minimum atomic E-state index is -0.849. The predicted octanol–water partition coefficient (Wildman–Crippen LogP) is 17.1. The summed E-state index contributed by atoms with van der Waals surface area (Å²) < 4.78 is 16.7. The summed E-state index contributed by atoms with van der Waals surface area (Å²) in [4.78, 5) is 37.9. The molecule has 0 aliphatic carbocycles. The lowest BCUT2D eigenvalue weighted by molar-refractivity contribution is -0.166. The monoisotopic (exact) mass is 887 g/mol. The molecule has 0 aliphatic rings. The molecular weight excluding hydrogens is 793 g/mol. The number of esters is 3. The number of hydrogen-bond donors (Lipinski definition) is 0. The van der Waals surface area contributed by atoms with Crippen LogP contribution in [0.15, 0.2) is 109 Å². The molecule has 1 atom stereocenters. The van der Waals surface area contributed by atoms with Gasteiger partial charge >= 0.3 is 17.9 Å². The highest BCUT2D eigenvalue weighted by molar-refractivity contribution is 5.72. The molecule has 0 aromatic carbocycles. The highest BCUT2D eigenvalue weighted by Gasteiger charge is 2.19. The van der Waals surface area contributed by atoms with Crippen molar-refractivity contribution in [3.63, 3.8) is 0 Å². The van der Waals surface area contributed by atoms with Gasteiger partial charge in [-0.2, -0.15) is 0 Å². The number of rotatable bonds is 45. The molecule has 362 valence electrons. The first-order valence-corrected chi connectivity index (χ1v) is 25.9. The highest BCUT2D eigenvalue weighted by Crippen LogP contribution is 2.15. The van der Waals surface area contributed by atoms with Crippen molar-refractivity contribution in [2.24, 2.45) is 0 Å². The molecule has 0 aromatic heterocycles. The molecule has 0 rings (SSSR count). The summed E-state index contributed by atoms with van der Waals surface area (Å²) >= 11 is 0. The van der Waals surface area contributed by atoms with E-state index in [2.05, 4.69) is 118 Å². The van der Waals surface area contributed by atoms with Gasteiger partial charge in [-0.25, -0.2) is 0 Å². The van der Waals surface area contributed by atoms with Crippen molar-refractivity contribution in [3.8, 4) is 0 Å². The van der Waals surface area contributed by atoms with E-state index >= 15 is 0 Å². The first-order chi connectivity index (χ1) is 31.5. The van der Waals surface area contributed by atoms with Gasteiger partial charge in [-0.15, -0.1) is 0 Å². The number of carbonyl (C=O) groups is 3. The van der Waals surface area contributed by atoms with Crippen LogP contribution in [-0.2, 0) is 28.6 Å². The van der Waals surface area contributed by atoms with Crippen LogP contribution in [0, 0.1) is 0 Å². The maximum Gasteiger partial charge on any atom is 0.310 e. The second kappa shape index (κ2) is 51.7. The molecule has 0 amide bonds. The van der Waals surface area contributed by atoms with Gasteiger partial charge in [-0.3, -0.25) is 14.4 Å². The molecule has 64 heavy (non-hydrogen) atoms. The van der Waals surface area contributed by atoms with E-state index in [0.29, 0.717) is 19.3 Å². The largest absolute Gasteiger partial charge is 0.462 e. The topological polar surface area (TPSA) is 78.9 Å². The molecule has 0 saturated carbocycles. The van der Waals surface area contributed by atoms with Gasteiger partial charge in [0.25, 0.3) is 0 Å². The Kier molecular flexibility index (Phi) is 48.5. The second-order valence-electron chi connectivity index (χ2n) is 16.7. The van der Waals surface area contributed by atoms with Gasteiger partial charge in [-0.05, 0) is 83.5 Å². The van der Waals surface area contributed by atoms with Crippen molar-refractivity contribution in [3.05, 3.63) is 109 Å². The molecule has 6 heteroatoms. The zero-order chi connectivity index (χ0) is 46.5. The molecule has 0 spiro atoms. The average molecular weight is 887 g/mol. The number of unbranched alkanes of at least 4 members (excludes halogenated alkanes) is 17. The Bertz CT molecular complexity index is 1340. The second-order valence-corrected chi connectivity index (χ2v) is 16.7. The third kappa shape index (κ3) is 49.1. The van der Waals surface area contributed by atoms with E-state index in [0.717, 1.165) is 83.5 Å². The Morgan fingerprint density at radius 3 is 1.03 bits per heavy atom. The number of ether oxygens (including phenoxy) is 3. The van der Waals surface area contributed by atoms with Crippen molar-refractivity contribution < 1.29 is 28.6 Å².